The molecule has 1 aromatic rings. The zero-order valence-electron chi connectivity index (χ0n) is 10.5. The highest BCUT2D eigenvalue weighted by molar-refractivity contribution is 6.21. The summed E-state index contributed by atoms with van der Waals surface area (Å²) >= 11 is 5.12. The van der Waals surface area contributed by atoms with Crippen LogP contribution in [0.1, 0.15) is 49.4 Å². The van der Waals surface area contributed by atoms with Crippen LogP contribution >= 0.6 is 11.6 Å². The predicted octanol–water partition coefficient (Wildman–Crippen LogP) is 3.74. The largest absolute Gasteiger partial charge is 0.366 e. The number of rotatable bonds is 3. The molecule has 1 aromatic heterocycles. The highest BCUT2D eigenvalue weighted by Gasteiger charge is 2.36. The van der Waals surface area contributed by atoms with Gasteiger partial charge < -0.3 is 4.74 Å². The molecule has 18 heavy (non-hydrogen) atoms. The SMILES string of the molecule is CCc1c(C(F)(F)Cl)nn(C2CCCCO2)c1C. The Morgan fingerprint density at radius 3 is 2.67 bits per heavy atom. The summed E-state index contributed by atoms with van der Waals surface area (Å²) in [7, 11) is 0. The molecule has 1 saturated heterocycles. The Labute approximate surface area is 110 Å². The summed E-state index contributed by atoms with van der Waals surface area (Å²) in [6, 6.07) is 0. The van der Waals surface area contributed by atoms with E-state index in [4.69, 9.17) is 16.3 Å². The topological polar surface area (TPSA) is 27.1 Å². The lowest BCUT2D eigenvalue weighted by molar-refractivity contribution is -0.0417. The number of nitrogens with zero attached hydrogens (tertiary/aromatic N) is 2. The van der Waals surface area contributed by atoms with Crippen LogP contribution in [0.25, 0.3) is 0 Å². The van der Waals surface area contributed by atoms with Crippen LogP contribution in [0.3, 0.4) is 0 Å². The second kappa shape index (κ2) is 5.13. The molecule has 1 aliphatic heterocycles. The summed E-state index contributed by atoms with van der Waals surface area (Å²) < 4.78 is 33.8. The lowest BCUT2D eigenvalue weighted by Gasteiger charge is -2.24. The van der Waals surface area contributed by atoms with Crippen molar-refractivity contribution in [2.24, 2.45) is 0 Å². The van der Waals surface area contributed by atoms with E-state index < -0.39 is 5.38 Å². The Balaban J connectivity index is 2.39. The third-order valence-corrected chi connectivity index (χ3v) is 3.50. The van der Waals surface area contributed by atoms with Gasteiger partial charge in [-0.3, -0.25) is 0 Å². The van der Waals surface area contributed by atoms with Gasteiger partial charge in [0.05, 0.1) is 0 Å². The van der Waals surface area contributed by atoms with Crippen LogP contribution in [0, 0.1) is 6.92 Å². The van der Waals surface area contributed by atoms with Crippen molar-refractivity contribution in [3.63, 3.8) is 0 Å². The van der Waals surface area contributed by atoms with Crippen molar-refractivity contribution < 1.29 is 13.5 Å². The van der Waals surface area contributed by atoms with Crippen LogP contribution in [0.4, 0.5) is 8.78 Å². The summed E-state index contributed by atoms with van der Waals surface area (Å²) in [5.74, 6) is 0. The van der Waals surface area contributed by atoms with Gasteiger partial charge in [-0.1, -0.05) is 6.92 Å². The van der Waals surface area contributed by atoms with Crippen LogP contribution in [-0.2, 0) is 16.5 Å². The van der Waals surface area contributed by atoms with Crippen molar-refractivity contribution in [2.75, 3.05) is 6.61 Å². The molecule has 0 spiro atoms. The van der Waals surface area contributed by atoms with Gasteiger partial charge in [-0.15, -0.1) is 0 Å². The molecular formula is C12H17ClF2N2O. The maximum absolute atomic E-state index is 13.3. The fourth-order valence-corrected chi connectivity index (χ4v) is 2.55. The number of aromatic nitrogens is 2. The van der Waals surface area contributed by atoms with Crippen molar-refractivity contribution in [2.45, 2.75) is 51.1 Å². The molecule has 2 heterocycles. The quantitative estimate of drug-likeness (QED) is 0.788. The van der Waals surface area contributed by atoms with E-state index in [0.29, 0.717) is 18.6 Å². The Morgan fingerprint density at radius 2 is 2.22 bits per heavy atom. The first-order chi connectivity index (χ1) is 8.45. The molecule has 0 aliphatic carbocycles. The lowest BCUT2D eigenvalue weighted by Crippen LogP contribution is -2.20. The first kappa shape index (κ1) is 13.7. The minimum atomic E-state index is -3.42. The van der Waals surface area contributed by atoms with Gasteiger partial charge in [-0.2, -0.15) is 13.9 Å². The second-order valence-corrected chi connectivity index (χ2v) is 5.00. The van der Waals surface area contributed by atoms with Crippen molar-refractivity contribution in [1.82, 2.24) is 9.78 Å². The summed E-state index contributed by atoms with van der Waals surface area (Å²) in [4.78, 5) is 0. The van der Waals surface area contributed by atoms with Crippen molar-refractivity contribution >= 4 is 11.6 Å². The zero-order chi connectivity index (χ0) is 13.3. The number of alkyl halides is 3. The smallest absolute Gasteiger partial charge is 0.357 e. The van der Waals surface area contributed by atoms with Crippen LogP contribution in [0.5, 0.6) is 0 Å². The van der Waals surface area contributed by atoms with E-state index in [9.17, 15) is 8.78 Å². The maximum Gasteiger partial charge on any atom is 0.366 e. The van der Waals surface area contributed by atoms with Crippen LogP contribution in [0.2, 0.25) is 0 Å². The van der Waals surface area contributed by atoms with Gasteiger partial charge in [-0.05, 0) is 44.2 Å². The molecule has 0 N–H and O–H groups in total. The minimum Gasteiger partial charge on any atom is -0.357 e. The van der Waals surface area contributed by atoms with E-state index in [-0.39, 0.29) is 11.9 Å². The first-order valence-electron chi connectivity index (χ1n) is 6.22. The van der Waals surface area contributed by atoms with Crippen molar-refractivity contribution in [1.29, 1.82) is 0 Å². The summed E-state index contributed by atoms with van der Waals surface area (Å²) in [6.45, 7) is 4.26. The lowest BCUT2D eigenvalue weighted by atomic mass is 10.1. The Bertz CT molecular complexity index is 422. The fourth-order valence-electron chi connectivity index (χ4n) is 2.40. The highest BCUT2D eigenvalue weighted by Crippen LogP contribution is 2.36. The summed E-state index contributed by atoms with van der Waals surface area (Å²) in [6.07, 6.45) is 3.08. The molecule has 2 rings (SSSR count). The van der Waals surface area contributed by atoms with Crippen LogP contribution in [-0.4, -0.2) is 16.4 Å². The average molecular weight is 279 g/mol. The molecule has 1 fully saturated rings. The number of ether oxygens (including phenoxy) is 1. The first-order valence-corrected chi connectivity index (χ1v) is 6.59. The van der Waals surface area contributed by atoms with E-state index in [0.717, 1.165) is 25.0 Å². The summed E-state index contributed by atoms with van der Waals surface area (Å²) in [5, 5.41) is 0.565. The van der Waals surface area contributed by atoms with Gasteiger partial charge in [0.15, 0.2) is 5.69 Å². The van der Waals surface area contributed by atoms with E-state index in [1.807, 2.05) is 6.92 Å². The van der Waals surface area contributed by atoms with Gasteiger partial charge in [0.25, 0.3) is 0 Å². The van der Waals surface area contributed by atoms with Crippen LogP contribution in [0.15, 0.2) is 0 Å². The Morgan fingerprint density at radius 1 is 1.50 bits per heavy atom. The highest BCUT2D eigenvalue weighted by atomic mass is 35.5. The second-order valence-electron chi connectivity index (χ2n) is 4.53. The predicted molar refractivity (Wildman–Crippen MR) is 64.9 cm³/mol. The number of hydrogen-bond donors (Lipinski definition) is 0. The molecule has 0 aromatic carbocycles. The Hall–Kier alpha value is -0.680. The monoisotopic (exact) mass is 278 g/mol. The van der Waals surface area contributed by atoms with Gasteiger partial charge >= 0.3 is 5.38 Å². The van der Waals surface area contributed by atoms with Gasteiger partial charge in [-0.25, -0.2) is 4.68 Å². The maximum atomic E-state index is 13.3. The third kappa shape index (κ3) is 2.52. The minimum absolute atomic E-state index is 0.239. The van der Waals surface area contributed by atoms with E-state index >= 15 is 0 Å². The van der Waals surface area contributed by atoms with Crippen LogP contribution < -0.4 is 0 Å². The van der Waals surface area contributed by atoms with Gasteiger partial charge in [0.2, 0.25) is 0 Å². The average Bonchev–Trinajstić information content (AvgIpc) is 2.67. The fraction of sp³-hybridized carbons (Fsp3) is 0.750. The van der Waals surface area contributed by atoms with E-state index in [2.05, 4.69) is 5.10 Å². The van der Waals surface area contributed by atoms with E-state index in [1.54, 1.807) is 11.6 Å². The Kier molecular flexibility index (Phi) is 3.92. The molecular weight excluding hydrogens is 262 g/mol. The molecule has 102 valence electrons. The normalized spacial score (nSPS) is 21.3. The summed E-state index contributed by atoms with van der Waals surface area (Å²) in [5.41, 5.74) is 0.905. The van der Waals surface area contributed by atoms with Crippen molar-refractivity contribution in [3.8, 4) is 0 Å². The molecule has 0 saturated carbocycles. The molecule has 1 aliphatic rings. The molecule has 0 radical (unpaired) electrons. The standard InChI is InChI=1S/C12H17ClF2N2O/c1-3-9-8(2)17(10-6-4-5-7-18-10)16-11(9)12(13,14)15/h10H,3-7H2,1-2H3. The molecule has 1 atom stereocenters. The van der Waals surface area contributed by atoms with Gasteiger partial charge in [0.1, 0.15) is 6.23 Å². The number of hydrogen-bond acceptors (Lipinski definition) is 2. The van der Waals surface area contributed by atoms with Crippen molar-refractivity contribution in [3.05, 3.63) is 17.0 Å². The third-order valence-electron chi connectivity index (χ3n) is 3.32. The molecule has 3 nitrogen and oxygen atoms in total. The number of halogens is 3. The van der Waals surface area contributed by atoms with Gasteiger partial charge in [0, 0.05) is 17.9 Å². The zero-order valence-corrected chi connectivity index (χ0v) is 11.3. The molecule has 1 unspecified atom stereocenters. The van der Waals surface area contributed by atoms with E-state index in [1.165, 1.54) is 0 Å². The molecule has 0 bridgehead atoms. The molecule has 0 amide bonds. The molecule has 6 heteroatoms.